The molecule has 6 rings (SSSR count). The molecule has 4 aromatic rings. The summed E-state index contributed by atoms with van der Waals surface area (Å²) in [6.45, 7) is 12.4. The topological polar surface area (TPSA) is 156 Å². The zero-order valence-electron chi connectivity index (χ0n) is 38.0. The Kier molecular flexibility index (Phi) is 15.7. The van der Waals surface area contributed by atoms with Gasteiger partial charge in [-0.3, -0.25) is 29.0 Å². The number of aromatic nitrogens is 1. The maximum Gasteiger partial charge on any atom is 0.262 e. The molecule has 0 radical (unpaired) electrons. The number of allylic oxidation sites excluding steroid dienone is 2. The minimum Gasteiger partial charge on any atom is -0.487 e. The summed E-state index contributed by atoms with van der Waals surface area (Å²) in [5.41, 5.74) is 0.197. The molecule has 1 aromatic heterocycles. The lowest BCUT2D eigenvalue weighted by Crippen LogP contribution is -2.68. The first kappa shape index (κ1) is 47.6. The van der Waals surface area contributed by atoms with Gasteiger partial charge in [0.15, 0.2) is 5.78 Å². The number of nitrogens with zero attached hydrogens (tertiary/aromatic N) is 2. The molecule has 2 aliphatic rings. The Hall–Kier alpha value is -5.92. The fourth-order valence-corrected chi connectivity index (χ4v) is 13.3. The van der Waals surface area contributed by atoms with E-state index in [1.807, 2.05) is 91.9 Å². The molecule has 0 saturated carbocycles. The number of fused-ring (bicyclic) bond motifs is 1. The molecule has 4 amide bonds. The quantitative estimate of drug-likeness (QED) is 0.0954. The van der Waals surface area contributed by atoms with E-state index < -0.39 is 55.8 Å². The number of pyridine rings is 1. The van der Waals surface area contributed by atoms with Crippen molar-refractivity contribution in [3.8, 4) is 5.75 Å². The Balaban J connectivity index is 1.12. The van der Waals surface area contributed by atoms with Crippen molar-refractivity contribution in [3.05, 3.63) is 133 Å². The van der Waals surface area contributed by atoms with Crippen molar-refractivity contribution >= 4 is 48.1 Å². The maximum absolute atomic E-state index is 14.3. The zero-order valence-corrected chi connectivity index (χ0v) is 39.0. The summed E-state index contributed by atoms with van der Waals surface area (Å²) >= 11 is 0. The molecule has 5 atom stereocenters. The fourth-order valence-electron chi connectivity index (χ4n) is 8.59. The van der Waals surface area contributed by atoms with Crippen molar-refractivity contribution in [2.24, 2.45) is 0 Å². The first-order chi connectivity index (χ1) is 30.6. The number of ether oxygens (including phenoxy) is 1. The van der Waals surface area contributed by atoms with E-state index in [0.717, 1.165) is 21.6 Å². The maximum atomic E-state index is 14.3. The third kappa shape index (κ3) is 11.2. The summed E-state index contributed by atoms with van der Waals surface area (Å²) in [5.74, 6) is -1.21. The summed E-state index contributed by atoms with van der Waals surface area (Å²) in [6.07, 6.45) is 6.78. The number of ketones is 1. The van der Waals surface area contributed by atoms with Crippen molar-refractivity contribution in [3.63, 3.8) is 0 Å². The fraction of sp³-hybridized carbons (Fsp3) is 0.412. The van der Waals surface area contributed by atoms with Crippen LogP contribution in [-0.2, 0) is 41.4 Å². The first-order valence-corrected chi connectivity index (χ1v) is 24.4. The van der Waals surface area contributed by atoms with E-state index in [4.69, 9.17) is 9.16 Å². The van der Waals surface area contributed by atoms with Crippen molar-refractivity contribution < 1.29 is 33.1 Å². The van der Waals surface area contributed by atoms with Crippen LogP contribution in [0.4, 0.5) is 0 Å². The van der Waals surface area contributed by atoms with Gasteiger partial charge in [-0.2, -0.15) is 0 Å². The van der Waals surface area contributed by atoms with E-state index in [1.165, 1.54) is 4.90 Å². The summed E-state index contributed by atoms with van der Waals surface area (Å²) in [5, 5.41) is 10.7. The molecule has 2 aliphatic heterocycles. The largest absolute Gasteiger partial charge is 0.487 e. The molecule has 0 bridgehead atoms. The van der Waals surface area contributed by atoms with Crippen LogP contribution in [-0.4, -0.2) is 83.9 Å². The second-order valence-electron chi connectivity index (χ2n) is 18.1. The molecule has 3 N–H and O–H groups in total. The molecule has 64 heavy (non-hydrogen) atoms. The van der Waals surface area contributed by atoms with Gasteiger partial charge < -0.3 is 30.0 Å². The van der Waals surface area contributed by atoms with Crippen LogP contribution in [0.15, 0.2) is 121 Å². The number of benzene rings is 3. The molecule has 338 valence electrons. The van der Waals surface area contributed by atoms with E-state index >= 15 is 0 Å². The highest BCUT2D eigenvalue weighted by atomic mass is 28.4. The summed E-state index contributed by atoms with van der Waals surface area (Å²) in [7, 11) is -2.95. The standard InChI is InChI=1S/C51H63N5O7Si/c1-7-51(6)49(61)54-43(34-37-28-30-39(31-29-37)62-35-38-20-17-18-32-52-38)48(60)56-33-19-26-44(56)47(59)53-42(46(58)55-51)25-15-10-16-27-45(57)36(2)63-64(50(3,4)5,40-21-11-8-12-22-40)41-23-13-9-14-24-41/h8-14,16-18,20-24,28-32,36,42-44H,7,15,19,25-27,33-35H2,1-6H3,(H,53,59)(H,54,61)(H,55,58)/t36-,42+,43+,44-,51+/m1/s1. The molecule has 0 aliphatic carbocycles. The number of amides is 4. The summed E-state index contributed by atoms with van der Waals surface area (Å²) in [4.78, 5) is 75.9. The van der Waals surface area contributed by atoms with Crippen LogP contribution < -0.4 is 31.1 Å². The van der Waals surface area contributed by atoms with Gasteiger partial charge in [-0.05, 0) is 91.2 Å². The Morgan fingerprint density at radius 2 is 1.53 bits per heavy atom. The minimum atomic E-state index is -2.95. The van der Waals surface area contributed by atoms with Crippen molar-refractivity contribution in [1.82, 2.24) is 25.8 Å². The Morgan fingerprint density at radius 3 is 2.14 bits per heavy atom. The normalized spacial score (nSPS) is 21.5. The second kappa shape index (κ2) is 21.2. The lowest BCUT2D eigenvalue weighted by Gasteiger charge is -2.44. The van der Waals surface area contributed by atoms with E-state index in [1.54, 1.807) is 26.1 Å². The Bertz CT molecular complexity index is 2210. The summed E-state index contributed by atoms with van der Waals surface area (Å²) in [6, 6.07) is 30.5. The predicted octanol–water partition coefficient (Wildman–Crippen LogP) is 5.72. The van der Waals surface area contributed by atoms with Gasteiger partial charge in [0.1, 0.15) is 42.1 Å². The van der Waals surface area contributed by atoms with E-state index in [0.29, 0.717) is 38.2 Å². The molecule has 0 unspecified atom stereocenters. The predicted molar refractivity (Wildman–Crippen MR) is 250 cm³/mol. The lowest BCUT2D eigenvalue weighted by atomic mass is 9.94. The average molecular weight is 886 g/mol. The summed E-state index contributed by atoms with van der Waals surface area (Å²) < 4.78 is 12.9. The minimum absolute atomic E-state index is 0.0713. The molecule has 12 nitrogen and oxygen atoms in total. The van der Waals surface area contributed by atoms with Crippen molar-refractivity contribution in [1.29, 1.82) is 0 Å². The van der Waals surface area contributed by atoms with Gasteiger partial charge in [0, 0.05) is 25.6 Å². The SMILES string of the molecule is CC[C@]1(C)NC(=O)[C@H](CCC=CCC(=O)[C@@H](C)O[Si](c2ccccc2)(c2ccccc2)C(C)(C)C)NC(=O)[C@H]2CCCN2C(=O)[C@H](Cc2ccc(OCc3ccccn3)cc2)NC1=O. The van der Waals surface area contributed by atoms with Crippen molar-refractivity contribution in [2.45, 2.75) is 128 Å². The van der Waals surface area contributed by atoms with Crippen molar-refractivity contribution in [2.75, 3.05) is 6.54 Å². The second-order valence-corrected chi connectivity index (χ2v) is 22.3. The van der Waals surface area contributed by atoms with E-state index in [9.17, 15) is 24.0 Å². The van der Waals surface area contributed by atoms with Crippen LogP contribution in [0.1, 0.15) is 91.3 Å². The van der Waals surface area contributed by atoms with Crippen LogP contribution in [0.25, 0.3) is 0 Å². The Morgan fingerprint density at radius 1 is 0.875 bits per heavy atom. The van der Waals surface area contributed by atoms with Gasteiger partial charge in [0.2, 0.25) is 23.6 Å². The van der Waals surface area contributed by atoms with Gasteiger partial charge in [0.25, 0.3) is 8.32 Å². The number of carbonyl (C=O) groups excluding carboxylic acids is 5. The zero-order chi connectivity index (χ0) is 45.9. The molecular formula is C51H63N5O7Si. The first-order valence-electron chi connectivity index (χ1n) is 22.5. The Labute approximate surface area is 378 Å². The van der Waals surface area contributed by atoms with Crippen LogP contribution in [0.5, 0.6) is 5.75 Å². The molecule has 2 saturated heterocycles. The van der Waals surface area contributed by atoms with Gasteiger partial charge in [-0.15, -0.1) is 0 Å². The van der Waals surface area contributed by atoms with Gasteiger partial charge in [-0.1, -0.05) is 119 Å². The van der Waals surface area contributed by atoms with Crippen LogP contribution in [0.2, 0.25) is 5.04 Å². The molecule has 3 aromatic carbocycles. The van der Waals surface area contributed by atoms with Gasteiger partial charge >= 0.3 is 0 Å². The highest BCUT2D eigenvalue weighted by Gasteiger charge is 2.51. The third-order valence-corrected chi connectivity index (χ3v) is 17.6. The van der Waals surface area contributed by atoms with Crippen LogP contribution >= 0.6 is 0 Å². The van der Waals surface area contributed by atoms with Gasteiger partial charge in [-0.25, -0.2) is 0 Å². The molecule has 2 fully saturated rings. The number of rotatable bonds is 16. The van der Waals surface area contributed by atoms with E-state index in [2.05, 4.69) is 66.0 Å². The number of nitrogens with one attached hydrogen (secondary N) is 3. The molecule has 0 spiro atoms. The average Bonchev–Trinajstić information content (AvgIpc) is 3.80. The highest BCUT2D eigenvalue weighted by Crippen LogP contribution is 2.37. The van der Waals surface area contributed by atoms with Crippen LogP contribution in [0, 0.1) is 0 Å². The smallest absolute Gasteiger partial charge is 0.262 e. The number of hydrogen-bond acceptors (Lipinski definition) is 8. The third-order valence-electron chi connectivity index (χ3n) is 12.5. The van der Waals surface area contributed by atoms with Crippen LogP contribution in [0.3, 0.4) is 0 Å². The number of hydrogen-bond donors (Lipinski definition) is 3. The number of carbonyl (C=O) groups is 5. The number of Topliss-reactive ketones (excluding diaryl/α,β-unsaturated/α-hetero) is 1. The van der Waals surface area contributed by atoms with E-state index in [-0.39, 0.29) is 42.4 Å². The van der Waals surface area contributed by atoms with Gasteiger partial charge in [0.05, 0.1) is 5.69 Å². The molecular weight excluding hydrogens is 823 g/mol. The highest BCUT2D eigenvalue weighted by molar-refractivity contribution is 6.99. The lowest BCUT2D eigenvalue weighted by molar-refractivity contribution is -0.144. The monoisotopic (exact) mass is 885 g/mol. The molecule has 3 heterocycles. The molecule has 13 heteroatoms.